The van der Waals surface area contributed by atoms with Crippen molar-refractivity contribution in [2.45, 2.75) is 59.0 Å². The van der Waals surface area contributed by atoms with Crippen molar-refractivity contribution in [3.63, 3.8) is 0 Å². The van der Waals surface area contributed by atoms with Gasteiger partial charge in [0.25, 0.3) is 0 Å². The Kier molecular flexibility index (Phi) is 5.99. The molecule has 0 heterocycles. The van der Waals surface area contributed by atoms with Gasteiger partial charge in [-0.1, -0.05) is 6.92 Å². The smallest absolute Gasteiger partial charge is 0.318 e. The number of amides is 2. The summed E-state index contributed by atoms with van der Waals surface area (Å²) in [5, 5.41) is 11.6. The van der Waals surface area contributed by atoms with Crippen molar-refractivity contribution < 1.29 is 14.7 Å². The molecule has 0 aliphatic heterocycles. The summed E-state index contributed by atoms with van der Waals surface area (Å²) in [6.45, 7) is 9.98. The highest BCUT2D eigenvalue weighted by Gasteiger charge is 2.25. The van der Waals surface area contributed by atoms with Crippen molar-refractivity contribution in [1.82, 2.24) is 10.2 Å². The average Bonchev–Trinajstić information content (AvgIpc) is 2.16. The van der Waals surface area contributed by atoms with Gasteiger partial charge in [0.1, 0.15) is 0 Å². The lowest BCUT2D eigenvalue weighted by Gasteiger charge is -2.32. The molecule has 0 saturated heterocycles. The maximum absolute atomic E-state index is 12.0. The first-order valence-corrected chi connectivity index (χ1v) is 6.04. The molecule has 0 aromatic carbocycles. The quantitative estimate of drug-likeness (QED) is 0.751. The fourth-order valence-corrected chi connectivity index (χ4v) is 1.47. The third-order valence-electron chi connectivity index (χ3n) is 2.93. The van der Waals surface area contributed by atoms with Crippen LogP contribution in [0, 0.1) is 0 Å². The first-order chi connectivity index (χ1) is 7.73. The molecule has 0 bridgehead atoms. The largest absolute Gasteiger partial charge is 0.481 e. The molecule has 0 saturated carbocycles. The van der Waals surface area contributed by atoms with Crippen LogP contribution >= 0.6 is 0 Å². The number of hydrogen-bond donors (Lipinski definition) is 2. The number of carboxylic acids is 1. The molecule has 0 rings (SSSR count). The van der Waals surface area contributed by atoms with Crippen molar-refractivity contribution >= 4 is 12.0 Å². The Morgan fingerprint density at radius 2 is 1.88 bits per heavy atom. The minimum atomic E-state index is -0.890. The zero-order valence-electron chi connectivity index (χ0n) is 11.4. The maximum atomic E-state index is 12.0. The van der Waals surface area contributed by atoms with E-state index in [0.29, 0.717) is 6.54 Å². The number of carbonyl (C=O) groups is 2. The Hall–Kier alpha value is -1.26. The number of hydrogen-bond acceptors (Lipinski definition) is 2. The maximum Gasteiger partial charge on any atom is 0.318 e. The Balaban J connectivity index is 4.55. The molecule has 0 aromatic rings. The normalized spacial score (nSPS) is 13.0. The van der Waals surface area contributed by atoms with E-state index in [-0.39, 0.29) is 24.0 Å². The lowest BCUT2D eigenvalue weighted by atomic mass is 10.0. The number of carbonyl (C=O) groups excluding carboxylic acids is 1. The lowest BCUT2D eigenvalue weighted by molar-refractivity contribution is -0.138. The van der Waals surface area contributed by atoms with Gasteiger partial charge in [-0.05, 0) is 34.1 Å². The van der Waals surface area contributed by atoms with Gasteiger partial charge in [0.2, 0.25) is 0 Å². The van der Waals surface area contributed by atoms with Crippen molar-refractivity contribution in [1.29, 1.82) is 0 Å². The minimum Gasteiger partial charge on any atom is -0.481 e. The fraction of sp³-hybridized carbons (Fsp3) is 0.833. The SMILES string of the molecule is CCN(C(=O)NC(C)(C)CC)C(C)CC(=O)O. The highest BCUT2D eigenvalue weighted by molar-refractivity contribution is 5.76. The number of carboxylic acid groups (broad SMARTS) is 1. The van der Waals surface area contributed by atoms with Gasteiger partial charge < -0.3 is 15.3 Å². The molecule has 0 fully saturated rings. The van der Waals surface area contributed by atoms with Crippen molar-refractivity contribution in [2.75, 3.05) is 6.54 Å². The molecule has 0 radical (unpaired) electrons. The predicted octanol–water partition coefficient (Wildman–Crippen LogP) is 2.07. The Morgan fingerprint density at radius 1 is 1.35 bits per heavy atom. The number of aliphatic carboxylic acids is 1. The molecule has 5 heteroatoms. The Bertz CT molecular complexity index is 277. The molecule has 1 atom stereocenters. The zero-order chi connectivity index (χ0) is 13.6. The van der Waals surface area contributed by atoms with Gasteiger partial charge in [0.15, 0.2) is 0 Å². The van der Waals surface area contributed by atoms with Crippen LogP contribution in [0.3, 0.4) is 0 Å². The van der Waals surface area contributed by atoms with E-state index in [0.717, 1.165) is 6.42 Å². The summed E-state index contributed by atoms with van der Waals surface area (Å²) in [6, 6.07) is -0.502. The van der Waals surface area contributed by atoms with E-state index in [4.69, 9.17) is 5.11 Å². The van der Waals surface area contributed by atoms with Crippen LogP contribution in [-0.4, -0.2) is 40.1 Å². The van der Waals surface area contributed by atoms with E-state index in [1.54, 1.807) is 11.8 Å². The van der Waals surface area contributed by atoms with Crippen LogP contribution < -0.4 is 5.32 Å². The van der Waals surface area contributed by atoms with E-state index in [1.807, 2.05) is 27.7 Å². The van der Waals surface area contributed by atoms with Crippen LogP contribution in [0.25, 0.3) is 0 Å². The molecular weight excluding hydrogens is 220 g/mol. The summed E-state index contributed by atoms with van der Waals surface area (Å²) in [4.78, 5) is 24.2. The summed E-state index contributed by atoms with van der Waals surface area (Å²) in [5.74, 6) is -0.890. The van der Waals surface area contributed by atoms with Crippen LogP contribution in [0.4, 0.5) is 4.79 Å². The van der Waals surface area contributed by atoms with Crippen molar-refractivity contribution in [3.8, 4) is 0 Å². The number of nitrogens with zero attached hydrogens (tertiary/aromatic N) is 1. The number of rotatable bonds is 6. The third-order valence-corrected chi connectivity index (χ3v) is 2.93. The highest BCUT2D eigenvalue weighted by Crippen LogP contribution is 2.10. The molecule has 0 aromatic heterocycles. The summed E-state index contributed by atoms with van der Waals surface area (Å²) in [6.07, 6.45) is 0.789. The Morgan fingerprint density at radius 3 is 2.24 bits per heavy atom. The monoisotopic (exact) mass is 244 g/mol. The van der Waals surface area contributed by atoms with Gasteiger partial charge in [-0.15, -0.1) is 0 Å². The first kappa shape index (κ1) is 15.7. The van der Waals surface area contributed by atoms with Crippen LogP contribution in [0.1, 0.15) is 47.5 Å². The first-order valence-electron chi connectivity index (χ1n) is 6.04. The molecule has 100 valence electrons. The summed E-state index contributed by atoms with van der Waals surface area (Å²) in [5.41, 5.74) is -0.270. The lowest BCUT2D eigenvalue weighted by Crippen LogP contribution is -2.52. The van der Waals surface area contributed by atoms with Crippen LogP contribution in [0.5, 0.6) is 0 Å². The molecule has 0 aliphatic rings. The number of nitrogens with one attached hydrogen (secondary N) is 1. The Labute approximate surface area is 103 Å². The van der Waals surface area contributed by atoms with E-state index in [2.05, 4.69) is 5.32 Å². The summed E-state index contributed by atoms with van der Waals surface area (Å²) >= 11 is 0. The van der Waals surface area contributed by atoms with Gasteiger partial charge >= 0.3 is 12.0 Å². The average molecular weight is 244 g/mol. The molecule has 2 amide bonds. The third kappa shape index (κ3) is 5.56. The van der Waals surface area contributed by atoms with Gasteiger partial charge in [0, 0.05) is 18.1 Å². The summed E-state index contributed by atoms with van der Waals surface area (Å²) in [7, 11) is 0. The van der Waals surface area contributed by atoms with Gasteiger partial charge in [-0.2, -0.15) is 0 Å². The standard InChI is InChI=1S/C12H24N2O3/c1-6-12(4,5)13-11(17)14(7-2)9(3)8-10(15)16/h9H,6-8H2,1-5H3,(H,13,17)(H,15,16). The topological polar surface area (TPSA) is 69.6 Å². The second-order valence-electron chi connectivity index (χ2n) is 4.90. The van der Waals surface area contributed by atoms with Crippen LogP contribution in [0.15, 0.2) is 0 Å². The van der Waals surface area contributed by atoms with Gasteiger partial charge in [0.05, 0.1) is 6.42 Å². The minimum absolute atomic E-state index is 0.0339. The van der Waals surface area contributed by atoms with E-state index in [9.17, 15) is 9.59 Å². The van der Waals surface area contributed by atoms with Crippen molar-refractivity contribution in [2.24, 2.45) is 0 Å². The molecule has 1 unspecified atom stereocenters. The highest BCUT2D eigenvalue weighted by atomic mass is 16.4. The van der Waals surface area contributed by atoms with Gasteiger partial charge in [-0.25, -0.2) is 4.79 Å². The van der Waals surface area contributed by atoms with Gasteiger partial charge in [-0.3, -0.25) is 4.79 Å². The van der Waals surface area contributed by atoms with Crippen LogP contribution in [0.2, 0.25) is 0 Å². The predicted molar refractivity (Wildman–Crippen MR) is 67.0 cm³/mol. The molecule has 17 heavy (non-hydrogen) atoms. The molecule has 2 N–H and O–H groups in total. The molecule has 0 spiro atoms. The second-order valence-corrected chi connectivity index (χ2v) is 4.90. The molecule has 0 aliphatic carbocycles. The second kappa shape index (κ2) is 6.47. The van der Waals surface area contributed by atoms with Crippen LogP contribution in [-0.2, 0) is 4.79 Å². The van der Waals surface area contributed by atoms with E-state index in [1.165, 1.54) is 0 Å². The van der Waals surface area contributed by atoms with E-state index < -0.39 is 5.97 Å². The molecule has 5 nitrogen and oxygen atoms in total. The van der Waals surface area contributed by atoms with E-state index >= 15 is 0 Å². The van der Waals surface area contributed by atoms with Crippen molar-refractivity contribution in [3.05, 3.63) is 0 Å². The number of urea groups is 1. The fourth-order valence-electron chi connectivity index (χ4n) is 1.47. The summed E-state index contributed by atoms with van der Waals surface area (Å²) < 4.78 is 0. The zero-order valence-corrected chi connectivity index (χ0v) is 11.4. The molecular formula is C12H24N2O3.